The molecular formula is C21H22FN3O3S. The average molecular weight is 415 g/mol. The molecule has 29 heavy (non-hydrogen) atoms. The molecule has 8 heteroatoms. The quantitative estimate of drug-likeness (QED) is 0.544. The highest BCUT2D eigenvalue weighted by Gasteiger charge is 2.14. The summed E-state index contributed by atoms with van der Waals surface area (Å²) in [7, 11) is 1.52. The first-order valence-electron chi connectivity index (χ1n) is 9.02. The number of ether oxygens (including phenoxy) is 1. The standard InChI is InChI=1S/C21H22FN3O3S/c1-13-7-8-14(10-17(13)22)9-15-11-24-21(29-15)25-20(27)23-12-18(26)16-5-3-4-6-19(16)28-2/h3-8,10-11,18,26H,9,12H2,1-2H3,(H2,23,24,25,27). The van der Waals surface area contributed by atoms with Gasteiger partial charge in [0.05, 0.1) is 13.2 Å². The van der Waals surface area contributed by atoms with Crippen LogP contribution in [0, 0.1) is 12.7 Å². The Morgan fingerprint density at radius 2 is 2.10 bits per heavy atom. The van der Waals surface area contributed by atoms with Gasteiger partial charge in [-0.05, 0) is 30.2 Å². The SMILES string of the molecule is COc1ccccc1C(O)CNC(=O)Nc1ncc(Cc2ccc(C)c(F)c2)s1. The van der Waals surface area contributed by atoms with Crippen molar-refractivity contribution in [2.45, 2.75) is 19.4 Å². The molecule has 3 N–H and O–H groups in total. The zero-order chi connectivity index (χ0) is 20.8. The van der Waals surface area contributed by atoms with Crippen LogP contribution in [-0.2, 0) is 6.42 Å². The highest BCUT2D eigenvalue weighted by Crippen LogP contribution is 2.24. The van der Waals surface area contributed by atoms with Gasteiger partial charge in [-0.1, -0.05) is 30.3 Å². The van der Waals surface area contributed by atoms with Gasteiger partial charge in [0.15, 0.2) is 5.13 Å². The van der Waals surface area contributed by atoms with E-state index >= 15 is 0 Å². The second-order valence-electron chi connectivity index (χ2n) is 6.48. The van der Waals surface area contributed by atoms with Crippen LogP contribution in [0.5, 0.6) is 5.75 Å². The molecule has 0 aliphatic heterocycles. The molecule has 1 aromatic heterocycles. The van der Waals surface area contributed by atoms with Crippen LogP contribution in [0.25, 0.3) is 0 Å². The predicted octanol–water partition coefficient (Wildman–Crippen LogP) is 4.05. The minimum atomic E-state index is -0.903. The van der Waals surface area contributed by atoms with E-state index in [9.17, 15) is 14.3 Å². The molecule has 0 bridgehead atoms. The number of benzene rings is 2. The maximum absolute atomic E-state index is 13.7. The van der Waals surface area contributed by atoms with E-state index in [4.69, 9.17) is 4.74 Å². The van der Waals surface area contributed by atoms with Gasteiger partial charge in [-0.2, -0.15) is 0 Å². The number of nitrogens with one attached hydrogen (secondary N) is 2. The number of methoxy groups -OCH3 is 1. The number of para-hydroxylation sites is 1. The van der Waals surface area contributed by atoms with E-state index in [1.54, 1.807) is 43.5 Å². The number of hydrogen-bond acceptors (Lipinski definition) is 5. The highest BCUT2D eigenvalue weighted by molar-refractivity contribution is 7.15. The van der Waals surface area contributed by atoms with Crippen LogP contribution in [0.4, 0.5) is 14.3 Å². The van der Waals surface area contributed by atoms with E-state index in [1.807, 2.05) is 6.07 Å². The van der Waals surface area contributed by atoms with Gasteiger partial charge < -0.3 is 15.2 Å². The fourth-order valence-corrected chi connectivity index (χ4v) is 3.62. The van der Waals surface area contributed by atoms with Crippen molar-refractivity contribution in [3.8, 4) is 5.75 Å². The summed E-state index contributed by atoms with van der Waals surface area (Å²) in [6.45, 7) is 1.74. The monoisotopic (exact) mass is 415 g/mol. The number of carbonyl (C=O) groups excluding carboxylic acids is 1. The number of urea groups is 1. The number of rotatable bonds is 7. The lowest BCUT2D eigenvalue weighted by Crippen LogP contribution is -2.32. The summed E-state index contributed by atoms with van der Waals surface area (Å²) in [6, 6.07) is 11.7. The summed E-state index contributed by atoms with van der Waals surface area (Å²) < 4.78 is 18.9. The molecule has 1 unspecified atom stereocenters. The number of anilines is 1. The van der Waals surface area contributed by atoms with Crippen LogP contribution in [0.3, 0.4) is 0 Å². The molecule has 3 rings (SSSR count). The fraction of sp³-hybridized carbons (Fsp3) is 0.238. The summed E-state index contributed by atoms with van der Waals surface area (Å²) in [4.78, 5) is 17.2. The fourth-order valence-electron chi connectivity index (χ4n) is 2.78. The van der Waals surface area contributed by atoms with E-state index in [0.29, 0.717) is 28.4 Å². The molecule has 3 aromatic rings. The molecule has 0 aliphatic carbocycles. The molecule has 0 spiro atoms. The van der Waals surface area contributed by atoms with E-state index < -0.39 is 12.1 Å². The zero-order valence-electron chi connectivity index (χ0n) is 16.1. The summed E-state index contributed by atoms with van der Waals surface area (Å²) in [5.41, 5.74) is 2.04. The Hall–Kier alpha value is -2.97. The van der Waals surface area contributed by atoms with Crippen molar-refractivity contribution in [3.05, 3.63) is 76.0 Å². The molecular weight excluding hydrogens is 393 g/mol. The third-order valence-corrected chi connectivity index (χ3v) is 5.26. The Bertz CT molecular complexity index is 993. The van der Waals surface area contributed by atoms with Gasteiger partial charge in [-0.15, -0.1) is 11.3 Å². The number of carbonyl (C=O) groups is 1. The van der Waals surface area contributed by atoms with Crippen molar-refractivity contribution in [3.63, 3.8) is 0 Å². The van der Waals surface area contributed by atoms with E-state index in [-0.39, 0.29) is 12.4 Å². The number of amides is 2. The zero-order valence-corrected chi connectivity index (χ0v) is 16.9. The van der Waals surface area contributed by atoms with Crippen molar-refractivity contribution in [1.82, 2.24) is 10.3 Å². The van der Waals surface area contributed by atoms with E-state index in [1.165, 1.54) is 24.5 Å². The van der Waals surface area contributed by atoms with Crippen LogP contribution < -0.4 is 15.4 Å². The predicted molar refractivity (Wildman–Crippen MR) is 111 cm³/mol. The van der Waals surface area contributed by atoms with Crippen molar-refractivity contribution in [2.24, 2.45) is 0 Å². The van der Waals surface area contributed by atoms with Crippen LogP contribution in [0.1, 0.15) is 27.7 Å². The number of aryl methyl sites for hydroxylation is 1. The van der Waals surface area contributed by atoms with Gasteiger partial charge >= 0.3 is 6.03 Å². The topological polar surface area (TPSA) is 83.5 Å². The lowest BCUT2D eigenvalue weighted by atomic mass is 10.1. The number of hydrogen-bond donors (Lipinski definition) is 3. The largest absolute Gasteiger partial charge is 0.496 e. The lowest BCUT2D eigenvalue weighted by molar-refractivity contribution is 0.171. The van der Waals surface area contributed by atoms with Gasteiger partial charge in [0.2, 0.25) is 0 Å². The average Bonchev–Trinajstić information content (AvgIpc) is 3.15. The molecule has 0 aliphatic rings. The van der Waals surface area contributed by atoms with Crippen molar-refractivity contribution in [2.75, 3.05) is 19.0 Å². The first-order valence-corrected chi connectivity index (χ1v) is 9.83. The van der Waals surface area contributed by atoms with Gasteiger partial charge in [-0.3, -0.25) is 5.32 Å². The van der Waals surface area contributed by atoms with Gasteiger partial charge in [0.25, 0.3) is 0 Å². The van der Waals surface area contributed by atoms with Crippen LogP contribution in [0.15, 0.2) is 48.7 Å². The number of halogens is 1. The molecule has 0 fully saturated rings. The minimum Gasteiger partial charge on any atom is -0.496 e. The molecule has 1 heterocycles. The molecule has 0 saturated heterocycles. The van der Waals surface area contributed by atoms with E-state index in [2.05, 4.69) is 15.6 Å². The third kappa shape index (κ3) is 5.52. The van der Waals surface area contributed by atoms with Crippen LogP contribution >= 0.6 is 11.3 Å². The second kappa shape index (κ2) is 9.49. The molecule has 2 amide bonds. The highest BCUT2D eigenvalue weighted by atomic mass is 32.1. The first-order chi connectivity index (χ1) is 14.0. The first kappa shape index (κ1) is 20.8. The Morgan fingerprint density at radius 1 is 1.31 bits per heavy atom. The molecule has 6 nitrogen and oxygen atoms in total. The lowest BCUT2D eigenvalue weighted by Gasteiger charge is -2.15. The molecule has 1 atom stereocenters. The number of nitrogens with zero attached hydrogens (tertiary/aromatic N) is 1. The Balaban J connectivity index is 1.52. The summed E-state index contributed by atoms with van der Waals surface area (Å²) >= 11 is 1.31. The van der Waals surface area contributed by atoms with Gasteiger partial charge in [-0.25, -0.2) is 14.2 Å². The second-order valence-corrected chi connectivity index (χ2v) is 7.60. The maximum Gasteiger partial charge on any atom is 0.321 e. The number of aromatic nitrogens is 1. The summed E-state index contributed by atoms with van der Waals surface area (Å²) in [5, 5.41) is 16.0. The van der Waals surface area contributed by atoms with Crippen molar-refractivity contribution < 1.29 is 19.0 Å². The number of thiazole rings is 1. The smallest absolute Gasteiger partial charge is 0.321 e. The van der Waals surface area contributed by atoms with E-state index in [0.717, 1.165) is 10.4 Å². The normalized spacial score (nSPS) is 11.7. The maximum atomic E-state index is 13.7. The van der Waals surface area contributed by atoms with Crippen LogP contribution in [0.2, 0.25) is 0 Å². The molecule has 0 radical (unpaired) electrons. The van der Waals surface area contributed by atoms with Gasteiger partial charge in [0.1, 0.15) is 11.6 Å². The molecule has 152 valence electrons. The van der Waals surface area contributed by atoms with Crippen molar-refractivity contribution in [1.29, 1.82) is 0 Å². The van der Waals surface area contributed by atoms with Gasteiger partial charge in [0, 0.05) is 29.6 Å². The molecule has 2 aromatic carbocycles. The Morgan fingerprint density at radius 3 is 2.86 bits per heavy atom. The number of aliphatic hydroxyl groups is 1. The Kier molecular flexibility index (Phi) is 6.79. The Labute approximate surface area is 172 Å². The third-order valence-electron chi connectivity index (χ3n) is 4.34. The minimum absolute atomic E-state index is 0.0209. The van der Waals surface area contributed by atoms with Crippen molar-refractivity contribution >= 4 is 22.5 Å². The number of aliphatic hydroxyl groups excluding tert-OH is 1. The summed E-state index contributed by atoms with van der Waals surface area (Å²) in [5.74, 6) is 0.317. The molecule has 0 saturated carbocycles. The summed E-state index contributed by atoms with van der Waals surface area (Å²) in [6.07, 6.45) is 1.28. The van der Waals surface area contributed by atoms with Crippen LogP contribution in [-0.4, -0.2) is 29.8 Å².